The van der Waals surface area contributed by atoms with Crippen molar-refractivity contribution in [1.29, 1.82) is 0 Å². The van der Waals surface area contributed by atoms with Crippen LogP contribution in [0.25, 0.3) is 0 Å². The number of carbonyl (C=O) groups excluding carboxylic acids is 1. The molecule has 110 valence electrons. The maximum atomic E-state index is 11.8. The summed E-state index contributed by atoms with van der Waals surface area (Å²) >= 11 is 0. The van der Waals surface area contributed by atoms with Crippen LogP contribution in [0.15, 0.2) is 30.3 Å². The Labute approximate surface area is 125 Å². The summed E-state index contributed by atoms with van der Waals surface area (Å²) in [4.78, 5) is 13.5. The van der Waals surface area contributed by atoms with Gasteiger partial charge >= 0.3 is 6.09 Å². The Morgan fingerprint density at radius 3 is 2.60 bits per heavy atom. The molecule has 0 unspecified atom stereocenters. The van der Waals surface area contributed by atoms with E-state index in [0.717, 1.165) is 31.1 Å². The average Bonchev–Trinajstić information content (AvgIpc) is 3.20. The number of carbonyl (C=O) groups is 1. The van der Waals surface area contributed by atoms with E-state index in [1.165, 1.54) is 12.8 Å². The van der Waals surface area contributed by atoms with Crippen molar-refractivity contribution in [2.24, 2.45) is 5.92 Å². The monoisotopic (exact) mass is 296 g/mol. The number of hydrogen-bond donors (Lipinski definition) is 1. The van der Waals surface area contributed by atoms with Crippen molar-refractivity contribution >= 4 is 18.5 Å². The molecule has 5 heteroatoms. The number of hydrogen-bond acceptors (Lipinski definition) is 3. The van der Waals surface area contributed by atoms with Gasteiger partial charge in [0.05, 0.1) is 0 Å². The lowest BCUT2D eigenvalue weighted by Crippen LogP contribution is -2.60. The first kappa shape index (κ1) is 15.1. The fourth-order valence-electron chi connectivity index (χ4n) is 2.22. The average molecular weight is 297 g/mol. The quantitative estimate of drug-likeness (QED) is 0.907. The summed E-state index contributed by atoms with van der Waals surface area (Å²) in [5, 5.41) is 3.49. The fraction of sp³-hybridized carbons (Fsp3) is 0.533. The summed E-state index contributed by atoms with van der Waals surface area (Å²) in [5.41, 5.74) is 1.03. The minimum Gasteiger partial charge on any atom is -0.445 e. The summed E-state index contributed by atoms with van der Waals surface area (Å²) in [6.07, 6.45) is 2.53. The van der Waals surface area contributed by atoms with Crippen LogP contribution in [0.5, 0.6) is 0 Å². The van der Waals surface area contributed by atoms with E-state index in [2.05, 4.69) is 5.32 Å². The molecule has 2 fully saturated rings. The molecular formula is C15H21ClN2O2. The van der Waals surface area contributed by atoms with Gasteiger partial charge in [0.25, 0.3) is 0 Å². The van der Waals surface area contributed by atoms with E-state index in [0.29, 0.717) is 12.6 Å². The Kier molecular flexibility index (Phi) is 5.26. The maximum Gasteiger partial charge on any atom is 0.410 e. The number of rotatable bonds is 5. The Hall–Kier alpha value is -1.26. The van der Waals surface area contributed by atoms with E-state index in [4.69, 9.17) is 4.74 Å². The maximum absolute atomic E-state index is 11.8. The number of benzene rings is 1. The largest absolute Gasteiger partial charge is 0.445 e. The third-order valence-corrected chi connectivity index (χ3v) is 3.74. The van der Waals surface area contributed by atoms with Crippen LogP contribution in [-0.4, -0.2) is 36.7 Å². The van der Waals surface area contributed by atoms with Gasteiger partial charge in [-0.05, 0) is 30.9 Å². The first-order valence-electron chi connectivity index (χ1n) is 7.00. The molecule has 1 aromatic rings. The van der Waals surface area contributed by atoms with E-state index in [1.54, 1.807) is 4.90 Å². The second kappa shape index (κ2) is 6.95. The number of nitrogens with zero attached hydrogens (tertiary/aromatic N) is 1. The Morgan fingerprint density at radius 1 is 1.25 bits per heavy atom. The SMILES string of the molecule is Cl.O=C(OCc1ccccc1)N1CC(NCC2CC2)C1. The highest BCUT2D eigenvalue weighted by Crippen LogP contribution is 2.28. The Balaban J connectivity index is 0.00000147. The van der Waals surface area contributed by atoms with E-state index in [1.807, 2.05) is 30.3 Å². The molecule has 3 rings (SSSR count). The predicted octanol–water partition coefficient (Wildman–Crippen LogP) is 2.43. The van der Waals surface area contributed by atoms with Crippen molar-refractivity contribution in [1.82, 2.24) is 10.2 Å². The van der Waals surface area contributed by atoms with Gasteiger partial charge in [-0.3, -0.25) is 0 Å². The minimum absolute atomic E-state index is 0. The van der Waals surface area contributed by atoms with E-state index >= 15 is 0 Å². The second-order valence-electron chi connectivity index (χ2n) is 5.49. The van der Waals surface area contributed by atoms with Gasteiger partial charge in [-0.2, -0.15) is 0 Å². The summed E-state index contributed by atoms with van der Waals surface area (Å²) in [6.45, 7) is 3.02. The molecule has 0 aromatic heterocycles. The van der Waals surface area contributed by atoms with Gasteiger partial charge in [-0.15, -0.1) is 12.4 Å². The molecule has 20 heavy (non-hydrogen) atoms. The highest BCUT2D eigenvalue weighted by Gasteiger charge is 2.32. The van der Waals surface area contributed by atoms with Gasteiger partial charge in [0.1, 0.15) is 6.61 Å². The number of ether oxygens (including phenoxy) is 1. The molecule has 1 aliphatic heterocycles. The summed E-state index contributed by atoms with van der Waals surface area (Å²) in [6, 6.07) is 10.2. The molecule has 1 amide bonds. The number of likely N-dealkylation sites (tertiary alicyclic amines) is 1. The van der Waals surface area contributed by atoms with Gasteiger partial charge in [-0.25, -0.2) is 4.79 Å². The topological polar surface area (TPSA) is 41.6 Å². The van der Waals surface area contributed by atoms with E-state index in [9.17, 15) is 4.79 Å². The predicted molar refractivity (Wildman–Crippen MR) is 80.0 cm³/mol. The number of halogens is 1. The van der Waals surface area contributed by atoms with Crippen LogP contribution in [0.2, 0.25) is 0 Å². The highest BCUT2D eigenvalue weighted by molar-refractivity contribution is 5.85. The van der Waals surface area contributed by atoms with Gasteiger partial charge in [0, 0.05) is 19.1 Å². The molecular weight excluding hydrogens is 276 g/mol. The Morgan fingerprint density at radius 2 is 1.95 bits per heavy atom. The van der Waals surface area contributed by atoms with E-state index < -0.39 is 0 Å². The van der Waals surface area contributed by atoms with Gasteiger partial charge in [0.15, 0.2) is 0 Å². The van der Waals surface area contributed by atoms with E-state index in [-0.39, 0.29) is 18.5 Å². The van der Waals surface area contributed by atoms with Crippen LogP contribution in [0.4, 0.5) is 4.79 Å². The van der Waals surface area contributed by atoms with Crippen molar-refractivity contribution in [2.45, 2.75) is 25.5 Å². The molecule has 0 bridgehead atoms. The van der Waals surface area contributed by atoms with Crippen molar-refractivity contribution in [3.05, 3.63) is 35.9 Å². The van der Waals surface area contributed by atoms with Crippen LogP contribution >= 0.6 is 12.4 Å². The lowest BCUT2D eigenvalue weighted by Gasteiger charge is -2.38. The zero-order chi connectivity index (χ0) is 13.1. The molecule has 4 nitrogen and oxygen atoms in total. The Bertz CT molecular complexity index is 431. The molecule has 1 heterocycles. The van der Waals surface area contributed by atoms with Crippen LogP contribution in [0, 0.1) is 5.92 Å². The number of amides is 1. The van der Waals surface area contributed by atoms with Crippen molar-refractivity contribution < 1.29 is 9.53 Å². The standard InChI is InChI=1S/C15H20N2O2.ClH/c18-15(19-11-13-4-2-1-3-5-13)17-9-14(10-17)16-8-12-6-7-12;/h1-5,12,14,16H,6-11H2;1H. The normalized spacial score (nSPS) is 18.1. The highest BCUT2D eigenvalue weighted by atomic mass is 35.5. The van der Waals surface area contributed by atoms with Gasteiger partial charge in [0.2, 0.25) is 0 Å². The molecule has 1 N–H and O–H groups in total. The summed E-state index contributed by atoms with van der Waals surface area (Å²) in [7, 11) is 0. The molecule has 1 aliphatic carbocycles. The molecule has 0 spiro atoms. The molecule has 1 saturated carbocycles. The molecule has 0 atom stereocenters. The first-order valence-corrected chi connectivity index (χ1v) is 7.00. The second-order valence-corrected chi connectivity index (χ2v) is 5.49. The van der Waals surface area contributed by atoms with Crippen molar-refractivity contribution in [3.63, 3.8) is 0 Å². The third-order valence-electron chi connectivity index (χ3n) is 3.74. The van der Waals surface area contributed by atoms with Crippen LogP contribution in [-0.2, 0) is 11.3 Å². The molecule has 0 radical (unpaired) electrons. The fourth-order valence-corrected chi connectivity index (χ4v) is 2.22. The molecule has 1 aromatic carbocycles. The number of nitrogens with one attached hydrogen (secondary N) is 1. The lowest BCUT2D eigenvalue weighted by atomic mass is 10.1. The summed E-state index contributed by atoms with van der Waals surface area (Å²) in [5.74, 6) is 0.888. The smallest absolute Gasteiger partial charge is 0.410 e. The van der Waals surface area contributed by atoms with Crippen LogP contribution in [0.1, 0.15) is 18.4 Å². The summed E-state index contributed by atoms with van der Waals surface area (Å²) < 4.78 is 5.28. The minimum atomic E-state index is -0.201. The third kappa shape index (κ3) is 4.12. The molecule has 2 aliphatic rings. The molecule has 1 saturated heterocycles. The van der Waals surface area contributed by atoms with Crippen LogP contribution in [0.3, 0.4) is 0 Å². The lowest BCUT2D eigenvalue weighted by molar-refractivity contribution is 0.0602. The zero-order valence-corrected chi connectivity index (χ0v) is 12.3. The van der Waals surface area contributed by atoms with Crippen molar-refractivity contribution in [2.75, 3.05) is 19.6 Å². The van der Waals surface area contributed by atoms with Crippen molar-refractivity contribution in [3.8, 4) is 0 Å². The van der Waals surface area contributed by atoms with Crippen LogP contribution < -0.4 is 5.32 Å². The van der Waals surface area contributed by atoms with Gasteiger partial charge < -0.3 is 15.0 Å². The first-order chi connectivity index (χ1) is 9.31. The zero-order valence-electron chi connectivity index (χ0n) is 11.5. The van der Waals surface area contributed by atoms with Gasteiger partial charge in [-0.1, -0.05) is 30.3 Å².